The Morgan fingerprint density at radius 1 is 1.00 bits per heavy atom. The number of aromatic amines is 1. The molecule has 0 spiro atoms. The molecule has 142 valence electrons. The van der Waals surface area contributed by atoms with E-state index in [4.69, 9.17) is 0 Å². The number of H-pyrrole nitrogens is 1. The average Bonchev–Trinajstić information content (AvgIpc) is 3.12. The Labute approximate surface area is 164 Å². The van der Waals surface area contributed by atoms with E-state index in [0.717, 1.165) is 30.2 Å². The number of aromatic nitrogens is 3. The van der Waals surface area contributed by atoms with Crippen LogP contribution in [0.1, 0.15) is 5.56 Å². The fourth-order valence-electron chi connectivity index (χ4n) is 3.15. The number of benzene rings is 2. The van der Waals surface area contributed by atoms with Crippen molar-refractivity contribution < 1.29 is 0 Å². The van der Waals surface area contributed by atoms with Gasteiger partial charge in [0.25, 0.3) is 0 Å². The number of anilines is 4. The number of rotatable bonds is 7. The summed E-state index contributed by atoms with van der Waals surface area (Å²) in [6, 6.07) is 18.4. The lowest BCUT2D eigenvalue weighted by atomic mass is 10.1. The van der Waals surface area contributed by atoms with E-state index in [0.29, 0.717) is 5.95 Å². The second kappa shape index (κ2) is 8.00. The van der Waals surface area contributed by atoms with E-state index in [9.17, 15) is 0 Å². The minimum absolute atomic E-state index is 0.620. The minimum atomic E-state index is 0.620. The summed E-state index contributed by atoms with van der Waals surface area (Å²) in [5.74, 6) is 1.39. The van der Waals surface area contributed by atoms with Crippen LogP contribution in [0.25, 0.3) is 10.9 Å². The highest BCUT2D eigenvalue weighted by molar-refractivity contribution is 5.83. The lowest BCUT2D eigenvalue weighted by molar-refractivity contribution is 0.991. The maximum absolute atomic E-state index is 4.56. The van der Waals surface area contributed by atoms with Crippen molar-refractivity contribution in [3.63, 3.8) is 0 Å². The second-order valence-electron chi connectivity index (χ2n) is 6.87. The molecule has 0 atom stereocenters. The Morgan fingerprint density at radius 2 is 1.82 bits per heavy atom. The van der Waals surface area contributed by atoms with Gasteiger partial charge in [0, 0.05) is 55.3 Å². The van der Waals surface area contributed by atoms with E-state index < -0.39 is 0 Å². The maximum Gasteiger partial charge on any atom is 0.224 e. The summed E-state index contributed by atoms with van der Waals surface area (Å²) < 4.78 is 0. The second-order valence-corrected chi connectivity index (χ2v) is 6.87. The quantitative estimate of drug-likeness (QED) is 0.448. The van der Waals surface area contributed by atoms with Gasteiger partial charge in [-0.2, -0.15) is 4.98 Å². The standard InChI is InChI=1S/C22H24N6/c1-28(2)18-9-7-17(8-10-18)26-21-12-14-24-22(27-21)23-13-11-16-15-25-20-6-4-3-5-19(16)20/h3-10,12,14-15,25H,11,13H2,1-2H3,(H2,23,24,26,27). The molecule has 0 saturated heterocycles. The molecule has 0 saturated carbocycles. The zero-order chi connectivity index (χ0) is 19.3. The van der Waals surface area contributed by atoms with Gasteiger partial charge < -0.3 is 20.5 Å². The number of nitrogens with zero attached hydrogens (tertiary/aromatic N) is 3. The van der Waals surface area contributed by atoms with Gasteiger partial charge in [0.15, 0.2) is 0 Å². The van der Waals surface area contributed by atoms with E-state index in [1.807, 2.05) is 38.4 Å². The highest BCUT2D eigenvalue weighted by Gasteiger charge is 2.04. The highest BCUT2D eigenvalue weighted by Crippen LogP contribution is 2.20. The molecule has 2 aromatic carbocycles. The molecule has 6 nitrogen and oxygen atoms in total. The monoisotopic (exact) mass is 372 g/mol. The Hall–Kier alpha value is -3.54. The smallest absolute Gasteiger partial charge is 0.224 e. The van der Waals surface area contributed by atoms with Gasteiger partial charge in [-0.3, -0.25) is 0 Å². The van der Waals surface area contributed by atoms with Crippen LogP contribution in [0.5, 0.6) is 0 Å². The molecule has 0 aliphatic heterocycles. The fraction of sp³-hybridized carbons (Fsp3) is 0.182. The molecule has 0 aliphatic carbocycles. The van der Waals surface area contributed by atoms with Crippen molar-refractivity contribution in [2.75, 3.05) is 36.2 Å². The molecule has 2 aromatic heterocycles. The summed E-state index contributed by atoms with van der Waals surface area (Å²) >= 11 is 0. The first-order valence-corrected chi connectivity index (χ1v) is 9.35. The van der Waals surface area contributed by atoms with Crippen molar-refractivity contribution in [1.82, 2.24) is 15.0 Å². The zero-order valence-corrected chi connectivity index (χ0v) is 16.1. The molecule has 3 N–H and O–H groups in total. The van der Waals surface area contributed by atoms with Crippen LogP contribution < -0.4 is 15.5 Å². The van der Waals surface area contributed by atoms with Crippen LogP contribution in [0.4, 0.5) is 23.1 Å². The predicted molar refractivity (Wildman–Crippen MR) is 117 cm³/mol. The van der Waals surface area contributed by atoms with E-state index >= 15 is 0 Å². The van der Waals surface area contributed by atoms with Crippen molar-refractivity contribution in [1.29, 1.82) is 0 Å². The Kier molecular flexibility index (Phi) is 5.10. The normalized spacial score (nSPS) is 10.8. The molecule has 0 bridgehead atoms. The number of nitrogens with one attached hydrogen (secondary N) is 3. The van der Waals surface area contributed by atoms with Crippen LogP contribution in [0.15, 0.2) is 67.0 Å². The summed E-state index contributed by atoms with van der Waals surface area (Å²) in [5, 5.41) is 7.90. The van der Waals surface area contributed by atoms with Crippen LogP contribution in [-0.4, -0.2) is 35.6 Å². The van der Waals surface area contributed by atoms with Crippen molar-refractivity contribution in [2.24, 2.45) is 0 Å². The largest absolute Gasteiger partial charge is 0.378 e. The first kappa shape index (κ1) is 17.9. The van der Waals surface area contributed by atoms with Gasteiger partial charge in [-0.25, -0.2) is 4.98 Å². The molecule has 0 aliphatic rings. The fourth-order valence-corrected chi connectivity index (χ4v) is 3.15. The lowest BCUT2D eigenvalue weighted by Gasteiger charge is -2.13. The Bertz CT molecular complexity index is 1050. The first-order chi connectivity index (χ1) is 13.7. The van der Waals surface area contributed by atoms with Crippen molar-refractivity contribution in [3.05, 3.63) is 72.6 Å². The third-order valence-corrected chi connectivity index (χ3v) is 4.66. The molecule has 2 heterocycles. The molecule has 6 heteroatoms. The maximum atomic E-state index is 4.56. The van der Waals surface area contributed by atoms with Crippen LogP contribution in [0.3, 0.4) is 0 Å². The number of hydrogen-bond acceptors (Lipinski definition) is 5. The van der Waals surface area contributed by atoms with Gasteiger partial charge in [-0.1, -0.05) is 18.2 Å². The molecule has 0 radical (unpaired) electrons. The molecular weight excluding hydrogens is 348 g/mol. The van der Waals surface area contributed by atoms with Crippen molar-refractivity contribution in [2.45, 2.75) is 6.42 Å². The highest BCUT2D eigenvalue weighted by atomic mass is 15.1. The SMILES string of the molecule is CN(C)c1ccc(Nc2ccnc(NCCc3c[nH]c4ccccc34)n2)cc1. The van der Waals surface area contributed by atoms with Crippen LogP contribution in [0, 0.1) is 0 Å². The van der Waals surface area contributed by atoms with E-state index in [2.05, 4.69) is 67.0 Å². The number of hydrogen-bond donors (Lipinski definition) is 3. The molecule has 28 heavy (non-hydrogen) atoms. The molecular formula is C22H24N6. The predicted octanol–water partition coefficient (Wildman–Crippen LogP) is 4.42. The molecule has 4 rings (SSSR count). The summed E-state index contributed by atoms with van der Waals surface area (Å²) in [7, 11) is 4.06. The van der Waals surface area contributed by atoms with Gasteiger partial charge in [-0.15, -0.1) is 0 Å². The van der Waals surface area contributed by atoms with Gasteiger partial charge >= 0.3 is 0 Å². The van der Waals surface area contributed by atoms with Gasteiger partial charge in [-0.05, 0) is 48.4 Å². The topological polar surface area (TPSA) is 68.9 Å². The Morgan fingerprint density at radius 3 is 2.64 bits per heavy atom. The van der Waals surface area contributed by atoms with Gasteiger partial charge in [0.2, 0.25) is 5.95 Å². The van der Waals surface area contributed by atoms with Gasteiger partial charge in [0.05, 0.1) is 0 Å². The molecule has 0 amide bonds. The molecule has 4 aromatic rings. The van der Waals surface area contributed by atoms with E-state index in [1.54, 1.807) is 6.20 Å². The van der Waals surface area contributed by atoms with Crippen LogP contribution in [0.2, 0.25) is 0 Å². The van der Waals surface area contributed by atoms with Crippen LogP contribution >= 0.6 is 0 Å². The third-order valence-electron chi connectivity index (χ3n) is 4.66. The van der Waals surface area contributed by atoms with E-state index in [1.165, 1.54) is 16.5 Å². The van der Waals surface area contributed by atoms with E-state index in [-0.39, 0.29) is 0 Å². The Balaban J connectivity index is 1.37. The van der Waals surface area contributed by atoms with Crippen molar-refractivity contribution in [3.8, 4) is 0 Å². The summed E-state index contributed by atoms with van der Waals surface area (Å²) in [6.45, 7) is 0.767. The summed E-state index contributed by atoms with van der Waals surface area (Å²) in [4.78, 5) is 14.3. The summed E-state index contributed by atoms with van der Waals surface area (Å²) in [5.41, 5.74) is 4.61. The zero-order valence-electron chi connectivity index (χ0n) is 16.1. The average molecular weight is 372 g/mol. The number of fused-ring (bicyclic) bond motifs is 1. The number of para-hydroxylation sites is 1. The lowest BCUT2D eigenvalue weighted by Crippen LogP contribution is -2.09. The van der Waals surface area contributed by atoms with Gasteiger partial charge in [0.1, 0.15) is 5.82 Å². The van der Waals surface area contributed by atoms with Crippen molar-refractivity contribution >= 4 is 34.0 Å². The molecule has 0 unspecified atom stereocenters. The first-order valence-electron chi connectivity index (χ1n) is 9.35. The summed E-state index contributed by atoms with van der Waals surface area (Å²) in [6.07, 6.45) is 4.73. The third kappa shape index (κ3) is 4.06. The minimum Gasteiger partial charge on any atom is -0.378 e. The molecule has 0 fully saturated rings. The van der Waals surface area contributed by atoms with Crippen LogP contribution in [-0.2, 0) is 6.42 Å².